The van der Waals surface area contributed by atoms with Crippen LogP contribution in [0.15, 0.2) is 54.9 Å². The number of carboxylic acid groups (broad SMARTS) is 1. The van der Waals surface area contributed by atoms with Crippen LogP contribution in [0.1, 0.15) is 18.4 Å². The average Bonchev–Trinajstić information content (AvgIpc) is 3.02. The first-order valence-electron chi connectivity index (χ1n) is 7.88. The topological polar surface area (TPSA) is 82.5 Å². The predicted octanol–water partition coefficient (Wildman–Crippen LogP) is 2.78. The number of nitrogens with one attached hydrogen (secondary N) is 1. The zero-order valence-electron chi connectivity index (χ0n) is 13.2. The largest absolute Gasteiger partial charge is 0.479 e. The molecule has 2 aromatic rings. The molecule has 2 N–H and O–H groups in total. The quantitative estimate of drug-likeness (QED) is 0.905. The van der Waals surface area contributed by atoms with Gasteiger partial charge in [0.2, 0.25) is 0 Å². The van der Waals surface area contributed by atoms with Crippen LogP contribution in [0, 0.1) is 0 Å². The first-order chi connectivity index (χ1) is 11.6. The Morgan fingerprint density at radius 3 is 2.67 bits per heavy atom. The number of nitrogens with zero attached hydrogens (tertiary/aromatic N) is 2. The number of aliphatic carboxylic acids is 1. The zero-order chi connectivity index (χ0) is 17.0. The van der Waals surface area contributed by atoms with Crippen molar-refractivity contribution in [2.24, 2.45) is 0 Å². The maximum Gasteiger partial charge on any atom is 0.330 e. The van der Waals surface area contributed by atoms with Gasteiger partial charge in [-0.25, -0.2) is 9.59 Å². The van der Waals surface area contributed by atoms with Crippen LogP contribution >= 0.6 is 0 Å². The van der Waals surface area contributed by atoms with Gasteiger partial charge in [0, 0.05) is 19.2 Å². The Kier molecular flexibility index (Phi) is 4.46. The fourth-order valence-corrected chi connectivity index (χ4v) is 3.22. The number of carbonyl (C=O) groups is 2. The van der Waals surface area contributed by atoms with E-state index in [4.69, 9.17) is 0 Å². The monoisotopic (exact) mass is 325 g/mol. The molecular weight excluding hydrogens is 306 g/mol. The zero-order valence-corrected chi connectivity index (χ0v) is 13.2. The summed E-state index contributed by atoms with van der Waals surface area (Å²) in [7, 11) is 0. The summed E-state index contributed by atoms with van der Waals surface area (Å²) in [6, 6.07) is 12.5. The van der Waals surface area contributed by atoms with Crippen LogP contribution in [0.2, 0.25) is 0 Å². The van der Waals surface area contributed by atoms with E-state index in [0.29, 0.717) is 31.5 Å². The van der Waals surface area contributed by atoms with Gasteiger partial charge in [0.1, 0.15) is 5.54 Å². The molecule has 1 aliphatic heterocycles. The van der Waals surface area contributed by atoms with Crippen LogP contribution < -0.4 is 5.32 Å². The van der Waals surface area contributed by atoms with E-state index in [-0.39, 0.29) is 0 Å². The van der Waals surface area contributed by atoms with Crippen molar-refractivity contribution in [2.75, 3.05) is 11.9 Å². The summed E-state index contributed by atoms with van der Waals surface area (Å²) in [5.74, 6) is -0.967. The van der Waals surface area contributed by atoms with E-state index in [1.165, 1.54) is 11.1 Å². The molecule has 1 fully saturated rings. The van der Waals surface area contributed by atoms with E-state index in [2.05, 4.69) is 10.3 Å². The maximum absolute atomic E-state index is 12.6. The van der Waals surface area contributed by atoms with Gasteiger partial charge in [-0.15, -0.1) is 0 Å². The summed E-state index contributed by atoms with van der Waals surface area (Å²) in [6.45, 7) is 0.422. The molecule has 3 rings (SSSR count). The van der Waals surface area contributed by atoms with Crippen molar-refractivity contribution in [3.63, 3.8) is 0 Å². The number of urea groups is 1. The standard InChI is InChI=1S/C18H19N3O3/c22-16(23)18(12-14-6-2-1-3-7-14)9-5-11-21(18)17(24)20-15-8-4-10-19-13-15/h1-4,6-8,10,13H,5,9,11-12H2,(H,20,24)(H,22,23). The van der Waals surface area contributed by atoms with Gasteiger partial charge in [-0.05, 0) is 30.5 Å². The van der Waals surface area contributed by atoms with Crippen LogP contribution in [0.5, 0.6) is 0 Å². The molecular formula is C18H19N3O3. The molecule has 24 heavy (non-hydrogen) atoms. The van der Waals surface area contributed by atoms with E-state index >= 15 is 0 Å². The van der Waals surface area contributed by atoms with Gasteiger partial charge in [0.15, 0.2) is 0 Å². The molecule has 1 saturated heterocycles. The second-order valence-corrected chi connectivity index (χ2v) is 5.93. The second kappa shape index (κ2) is 6.70. The number of hydrogen-bond acceptors (Lipinski definition) is 3. The van der Waals surface area contributed by atoms with Crippen LogP contribution in [-0.2, 0) is 11.2 Å². The highest BCUT2D eigenvalue weighted by Gasteiger charge is 2.50. The number of amides is 2. The normalized spacial score (nSPS) is 19.9. The number of benzene rings is 1. The van der Waals surface area contributed by atoms with E-state index in [0.717, 1.165) is 5.56 Å². The number of pyridine rings is 1. The minimum Gasteiger partial charge on any atom is -0.479 e. The molecule has 0 radical (unpaired) electrons. The summed E-state index contributed by atoms with van der Waals surface area (Å²) in [5.41, 5.74) is 0.238. The van der Waals surface area contributed by atoms with E-state index < -0.39 is 17.5 Å². The molecule has 6 heteroatoms. The third-order valence-corrected chi connectivity index (χ3v) is 4.38. The molecule has 0 aliphatic carbocycles. The number of aromatic nitrogens is 1. The molecule has 1 unspecified atom stereocenters. The summed E-state index contributed by atoms with van der Waals surface area (Å²) in [4.78, 5) is 30.1. The number of rotatable bonds is 4. The lowest BCUT2D eigenvalue weighted by molar-refractivity contribution is -0.148. The molecule has 2 heterocycles. The number of carboxylic acids is 1. The van der Waals surface area contributed by atoms with Crippen LogP contribution in [0.25, 0.3) is 0 Å². The van der Waals surface area contributed by atoms with Crippen LogP contribution in [0.3, 0.4) is 0 Å². The summed E-state index contributed by atoms with van der Waals surface area (Å²) in [5, 5.41) is 12.6. The van der Waals surface area contributed by atoms with Crippen LogP contribution in [-0.4, -0.2) is 39.1 Å². The van der Waals surface area contributed by atoms with Crippen molar-refractivity contribution in [3.05, 3.63) is 60.4 Å². The molecule has 1 atom stereocenters. The molecule has 0 bridgehead atoms. The first kappa shape index (κ1) is 16.0. The fraction of sp³-hybridized carbons (Fsp3) is 0.278. The van der Waals surface area contributed by atoms with E-state index in [1.54, 1.807) is 18.3 Å². The molecule has 6 nitrogen and oxygen atoms in total. The van der Waals surface area contributed by atoms with Crippen molar-refractivity contribution < 1.29 is 14.7 Å². The Labute approximate surface area is 140 Å². The summed E-state index contributed by atoms with van der Waals surface area (Å²) in [6.07, 6.45) is 4.55. The number of likely N-dealkylation sites (tertiary alicyclic amines) is 1. The molecule has 0 spiro atoms. The van der Waals surface area contributed by atoms with Crippen molar-refractivity contribution in [1.29, 1.82) is 0 Å². The molecule has 2 amide bonds. The number of hydrogen-bond donors (Lipinski definition) is 2. The average molecular weight is 325 g/mol. The van der Waals surface area contributed by atoms with Crippen molar-refractivity contribution in [3.8, 4) is 0 Å². The molecule has 124 valence electrons. The third kappa shape index (κ3) is 3.08. The highest BCUT2D eigenvalue weighted by molar-refractivity contribution is 5.94. The Balaban J connectivity index is 1.85. The molecule has 1 aromatic carbocycles. The predicted molar refractivity (Wildman–Crippen MR) is 89.7 cm³/mol. The lowest BCUT2D eigenvalue weighted by Gasteiger charge is -2.35. The minimum atomic E-state index is -1.21. The van der Waals surface area contributed by atoms with Crippen molar-refractivity contribution >= 4 is 17.7 Å². The SMILES string of the molecule is O=C(Nc1cccnc1)N1CCCC1(Cc1ccccc1)C(=O)O. The Morgan fingerprint density at radius 2 is 2.00 bits per heavy atom. The molecule has 1 aromatic heterocycles. The van der Waals surface area contributed by atoms with Gasteiger partial charge < -0.3 is 15.3 Å². The van der Waals surface area contributed by atoms with E-state index in [9.17, 15) is 14.7 Å². The van der Waals surface area contributed by atoms with Gasteiger partial charge in [0.25, 0.3) is 0 Å². The van der Waals surface area contributed by atoms with Gasteiger partial charge in [0.05, 0.1) is 11.9 Å². The fourth-order valence-electron chi connectivity index (χ4n) is 3.22. The molecule has 0 saturated carbocycles. The van der Waals surface area contributed by atoms with Gasteiger partial charge >= 0.3 is 12.0 Å². The Morgan fingerprint density at radius 1 is 1.21 bits per heavy atom. The number of anilines is 1. The smallest absolute Gasteiger partial charge is 0.330 e. The van der Waals surface area contributed by atoms with Gasteiger partial charge in [-0.3, -0.25) is 4.98 Å². The second-order valence-electron chi connectivity index (χ2n) is 5.93. The lowest BCUT2D eigenvalue weighted by atomic mass is 9.88. The summed E-state index contributed by atoms with van der Waals surface area (Å²) < 4.78 is 0. The van der Waals surface area contributed by atoms with Gasteiger partial charge in [-0.2, -0.15) is 0 Å². The van der Waals surface area contributed by atoms with Crippen molar-refractivity contribution in [1.82, 2.24) is 9.88 Å². The highest BCUT2D eigenvalue weighted by atomic mass is 16.4. The van der Waals surface area contributed by atoms with Crippen LogP contribution in [0.4, 0.5) is 10.5 Å². The highest BCUT2D eigenvalue weighted by Crippen LogP contribution is 2.33. The molecule has 1 aliphatic rings. The Bertz CT molecular complexity index is 721. The first-order valence-corrected chi connectivity index (χ1v) is 7.88. The maximum atomic E-state index is 12.6. The number of carbonyl (C=O) groups excluding carboxylic acids is 1. The third-order valence-electron chi connectivity index (χ3n) is 4.38. The van der Waals surface area contributed by atoms with Crippen molar-refractivity contribution in [2.45, 2.75) is 24.8 Å². The minimum absolute atomic E-state index is 0.295. The summed E-state index contributed by atoms with van der Waals surface area (Å²) >= 11 is 0. The van der Waals surface area contributed by atoms with Gasteiger partial charge in [-0.1, -0.05) is 30.3 Å². The van der Waals surface area contributed by atoms with E-state index in [1.807, 2.05) is 30.3 Å². The Hall–Kier alpha value is -2.89. The lowest BCUT2D eigenvalue weighted by Crippen LogP contribution is -2.55.